The maximum atomic E-state index is 4.20. The van der Waals surface area contributed by atoms with Gasteiger partial charge in [0.2, 0.25) is 0 Å². The van der Waals surface area contributed by atoms with E-state index < -0.39 is 0 Å². The van der Waals surface area contributed by atoms with Crippen LogP contribution >= 0.6 is 11.8 Å². The van der Waals surface area contributed by atoms with Crippen LogP contribution in [0.3, 0.4) is 0 Å². The molecule has 1 N–H and O–H groups in total. The van der Waals surface area contributed by atoms with Crippen LogP contribution in [0.4, 0.5) is 0 Å². The molecule has 0 aromatic carbocycles. The highest BCUT2D eigenvalue weighted by molar-refractivity contribution is 8.03. The van der Waals surface area contributed by atoms with Crippen molar-refractivity contribution >= 4 is 28.7 Å². The molecule has 2 aromatic rings. The monoisotopic (exact) mass is 259 g/mol. The summed E-state index contributed by atoms with van der Waals surface area (Å²) < 4.78 is 0. The van der Waals surface area contributed by atoms with Crippen LogP contribution in [0.15, 0.2) is 29.6 Å². The highest BCUT2D eigenvalue weighted by Crippen LogP contribution is 2.31. The van der Waals surface area contributed by atoms with Gasteiger partial charge in [0.1, 0.15) is 0 Å². The zero-order valence-electron chi connectivity index (χ0n) is 10.7. The minimum Gasteiger partial charge on any atom is -0.360 e. The smallest absolute Gasteiger partial charge is 0.0495 e. The Labute approximate surface area is 111 Å². The van der Waals surface area contributed by atoms with Crippen LogP contribution in [-0.4, -0.2) is 33.3 Å². The molecular formula is C14H17N3S. The molecule has 0 bridgehead atoms. The van der Waals surface area contributed by atoms with E-state index in [2.05, 4.69) is 41.0 Å². The minimum absolute atomic E-state index is 0.619. The molecule has 3 heterocycles. The van der Waals surface area contributed by atoms with Crippen LogP contribution in [0.1, 0.15) is 19.4 Å². The van der Waals surface area contributed by atoms with Gasteiger partial charge < -0.3 is 4.98 Å². The number of fused-ring (bicyclic) bond motifs is 1. The van der Waals surface area contributed by atoms with E-state index in [0.717, 1.165) is 17.9 Å². The van der Waals surface area contributed by atoms with Gasteiger partial charge in [0.15, 0.2) is 0 Å². The fraction of sp³-hybridized carbons (Fsp3) is 0.357. The molecule has 4 heteroatoms. The van der Waals surface area contributed by atoms with E-state index in [1.165, 1.54) is 15.9 Å². The minimum atomic E-state index is 0.619. The van der Waals surface area contributed by atoms with Gasteiger partial charge in [0, 0.05) is 58.4 Å². The van der Waals surface area contributed by atoms with Crippen molar-refractivity contribution in [2.75, 3.05) is 12.4 Å². The number of thioether (sulfide) groups is 1. The third-order valence-electron chi connectivity index (χ3n) is 3.34. The van der Waals surface area contributed by atoms with Crippen molar-refractivity contribution in [2.45, 2.75) is 19.9 Å². The third-order valence-corrected chi connectivity index (χ3v) is 4.42. The van der Waals surface area contributed by atoms with E-state index >= 15 is 0 Å². The molecule has 1 fully saturated rings. The molecule has 1 aliphatic rings. The van der Waals surface area contributed by atoms with Crippen molar-refractivity contribution in [3.05, 3.63) is 35.1 Å². The van der Waals surface area contributed by atoms with Crippen LogP contribution in [0.5, 0.6) is 0 Å². The van der Waals surface area contributed by atoms with Crippen LogP contribution in [0, 0.1) is 0 Å². The number of hydrogen-bond donors (Lipinski definition) is 1. The summed E-state index contributed by atoms with van der Waals surface area (Å²) in [5, 5.41) is 1.20. The van der Waals surface area contributed by atoms with Crippen LogP contribution in [0.2, 0.25) is 0 Å². The quantitative estimate of drug-likeness (QED) is 0.898. The second-order valence-electron chi connectivity index (χ2n) is 4.89. The summed E-state index contributed by atoms with van der Waals surface area (Å²) >= 11 is 1.94. The molecule has 3 rings (SSSR count). The molecule has 18 heavy (non-hydrogen) atoms. The Balaban J connectivity index is 1.88. The standard InChI is InChI=1S/C14H17N3S/c1-10(2)17-8-12(18-9-17)5-11-6-16-14-3-4-15-7-13(11)14/h3-7,10,16H,8-9H2,1-2H3/b12-5-. The van der Waals surface area contributed by atoms with Crippen LogP contribution in [0.25, 0.3) is 17.0 Å². The van der Waals surface area contributed by atoms with Crippen molar-refractivity contribution in [1.82, 2.24) is 14.9 Å². The molecule has 1 saturated heterocycles. The number of pyridine rings is 1. The number of hydrogen-bond acceptors (Lipinski definition) is 3. The Morgan fingerprint density at radius 2 is 2.39 bits per heavy atom. The average molecular weight is 259 g/mol. The number of aromatic amines is 1. The van der Waals surface area contributed by atoms with Gasteiger partial charge in [-0.2, -0.15) is 0 Å². The second kappa shape index (κ2) is 4.78. The molecule has 94 valence electrons. The topological polar surface area (TPSA) is 31.9 Å². The lowest BCUT2D eigenvalue weighted by atomic mass is 10.2. The van der Waals surface area contributed by atoms with E-state index in [1.807, 2.05) is 30.2 Å². The molecule has 0 saturated carbocycles. The van der Waals surface area contributed by atoms with Crippen molar-refractivity contribution in [1.29, 1.82) is 0 Å². The van der Waals surface area contributed by atoms with Gasteiger partial charge in [-0.25, -0.2) is 0 Å². The largest absolute Gasteiger partial charge is 0.360 e. The predicted octanol–water partition coefficient (Wildman–Crippen LogP) is 3.32. The van der Waals surface area contributed by atoms with Gasteiger partial charge in [-0.1, -0.05) is 0 Å². The van der Waals surface area contributed by atoms with Crippen LogP contribution in [-0.2, 0) is 0 Å². The first kappa shape index (κ1) is 11.8. The molecule has 0 aliphatic carbocycles. The molecule has 0 amide bonds. The van der Waals surface area contributed by atoms with Crippen molar-refractivity contribution in [3.8, 4) is 0 Å². The molecule has 3 nitrogen and oxygen atoms in total. The van der Waals surface area contributed by atoms with Crippen molar-refractivity contribution < 1.29 is 0 Å². The molecule has 0 atom stereocenters. The van der Waals surface area contributed by atoms with Crippen LogP contribution < -0.4 is 0 Å². The van der Waals surface area contributed by atoms with Gasteiger partial charge in [0.05, 0.1) is 0 Å². The zero-order chi connectivity index (χ0) is 12.5. The van der Waals surface area contributed by atoms with E-state index in [0.29, 0.717) is 6.04 Å². The molecule has 0 spiro atoms. The Hall–Kier alpha value is -1.26. The summed E-state index contributed by atoms with van der Waals surface area (Å²) in [5.41, 5.74) is 2.40. The fourth-order valence-corrected chi connectivity index (χ4v) is 3.34. The Kier molecular flexibility index (Phi) is 3.14. The van der Waals surface area contributed by atoms with Crippen molar-refractivity contribution in [3.63, 3.8) is 0 Å². The molecule has 0 radical (unpaired) electrons. The van der Waals surface area contributed by atoms with E-state index in [9.17, 15) is 0 Å². The zero-order valence-corrected chi connectivity index (χ0v) is 11.5. The normalized spacial score (nSPS) is 19.4. The maximum absolute atomic E-state index is 4.20. The Morgan fingerprint density at radius 1 is 1.50 bits per heavy atom. The SMILES string of the molecule is CC(C)N1CS/C(=C\c2c[nH]c3ccncc23)C1. The van der Waals surface area contributed by atoms with E-state index in [-0.39, 0.29) is 0 Å². The number of H-pyrrole nitrogens is 1. The van der Waals surface area contributed by atoms with E-state index in [1.54, 1.807) is 0 Å². The number of nitrogens with one attached hydrogen (secondary N) is 1. The summed E-state index contributed by atoms with van der Waals surface area (Å²) in [4.78, 5) is 11.4. The number of nitrogens with zero attached hydrogens (tertiary/aromatic N) is 2. The second-order valence-corrected chi connectivity index (χ2v) is 5.96. The lowest BCUT2D eigenvalue weighted by molar-refractivity contribution is 0.298. The first-order chi connectivity index (χ1) is 8.74. The highest BCUT2D eigenvalue weighted by Gasteiger charge is 2.19. The lowest BCUT2D eigenvalue weighted by Crippen LogP contribution is -2.26. The number of aromatic nitrogens is 2. The lowest BCUT2D eigenvalue weighted by Gasteiger charge is -2.17. The summed E-state index contributed by atoms with van der Waals surface area (Å²) in [6.45, 7) is 5.56. The first-order valence-corrected chi connectivity index (χ1v) is 7.21. The summed E-state index contributed by atoms with van der Waals surface area (Å²) in [5.74, 6) is 1.10. The maximum Gasteiger partial charge on any atom is 0.0495 e. The highest BCUT2D eigenvalue weighted by atomic mass is 32.2. The van der Waals surface area contributed by atoms with E-state index in [4.69, 9.17) is 0 Å². The third kappa shape index (κ3) is 2.18. The van der Waals surface area contributed by atoms with Gasteiger partial charge in [-0.05, 0) is 26.0 Å². The van der Waals surface area contributed by atoms with Gasteiger partial charge in [-0.15, -0.1) is 11.8 Å². The summed E-state index contributed by atoms with van der Waals surface area (Å²) in [7, 11) is 0. The van der Waals surface area contributed by atoms with Crippen molar-refractivity contribution in [2.24, 2.45) is 0 Å². The average Bonchev–Trinajstić information content (AvgIpc) is 2.98. The summed E-state index contributed by atoms with van der Waals surface area (Å²) in [6.07, 6.45) is 8.10. The molecule has 1 aliphatic heterocycles. The van der Waals surface area contributed by atoms with Gasteiger partial charge in [-0.3, -0.25) is 9.88 Å². The van der Waals surface area contributed by atoms with Gasteiger partial charge >= 0.3 is 0 Å². The predicted molar refractivity (Wildman–Crippen MR) is 78.4 cm³/mol. The molecule has 0 unspecified atom stereocenters. The molecule has 2 aromatic heterocycles. The molecular weight excluding hydrogens is 242 g/mol. The fourth-order valence-electron chi connectivity index (χ4n) is 2.15. The Morgan fingerprint density at radius 3 is 3.17 bits per heavy atom. The number of rotatable bonds is 2. The van der Waals surface area contributed by atoms with Gasteiger partial charge in [0.25, 0.3) is 0 Å². The Bertz CT molecular complexity index is 585. The first-order valence-electron chi connectivity index (χ1n) is 6.22. The summed E-state index contributed by atoms with van der Waals surface area (Å²) in [6, 6.07) is 2.63.